The molecule has 0 bridgehead atoms. The highest BCUT2D eigenvalue weighted by Gasteiger charge is 2.16. The molecule has 2 atom stereocenters. The third-order valence-electron chi connectivity index (χ3n) is 4.08. The van der Waals surface area contributed by atoms with Crippen molar-refractivity contribution < 1.29 is 4.74 Å². The molecular weight excluding hydrogens is 407 g/mol. The van der Waals surface area contributed by atoms with Crippen LogP contribution in [0.2, 0.25) is 0 Å². The van der Waals surface area contributed by atoms with Crippen LogP contribution in [0, 0.1) is 6.92 Å². The number of halogens is 1. The number of hydrogen-bond donors (Lipinski definition) is 2. The Morgan fingerprint density at radius 3 is 2.83 bits per heavy atom. The van der Waals surface area contributed by atoms with Gasteiger partial charge in [0.25, 0.3) is 0 Å². The Kier molecular flexibility index (Phi) is 8.82. The molecule has 2 rings (SSSR count). The van der Waals surface area contributed by atoms with Gasteiger partial charge in [0.15, 0.2) is 11.8 Å². The first-order chi connectivity index (χ1) is 10.6. The SMILES string of the molecule is CCC(C)NC(=NCc1nnc(C)n1C)NCC1CCCO1.I. The van der Waals surface area contributed by atoms with Crippen molar-refractivity contribution in [3.63, 3.8) is 0 Å². The Balaban J connectivity index is 0.00000264. The maximum atomic E-state index is 5.65. The van der Waals surface area contributed by atoms with Crippen molar-refractivity contribution in [2.24, 2.45) is 12.0 Å². The van der Waals surface area contributed by atoms with Crippen LogP contribution in [-0.4, -0.2) is 46.0 Å². The molecule has 0 amide bonds. The van der Waals surface area contributed by atoms with E-state index >= 15 is 0 Å². The van der Waals surface area contributed by atoms with E-state index in [4.69, 9.17) is 4.74 Å². The average molecular weight is 436 g/mol. The Labute approximate surface area is 155 Å². The lowest BCUT2D eigenvalue weighted by atomic mass is 10.2. The number of aryl methyl sites for hydroxylation is 1. The van der Waals surface area contributed by atoms with E-state index in [0.717, 1.165) is 50.0 Å². The van der Waals surface area contributed by atoms with Crippen LogP contribution < -0.4 is 10.6 Å². The minimum Gasteiger partial charge on any atom is -0.376 e. The van der Waals surface area contributed by atoms with E-state index in [1.165, 1.54) is 0 Å². The standard InChI is InChI=1S/C15H28N6O.HI/c1-5-11(2)18-15(16-9-13-7-6-8-22-13)17-10-14-20-19-12(3)21(14)4;/h11,13H,5-10H2,1-4H3,(H2,16,17,18);1H. The summed E-state index contributed by atoms with van der Waals surface area (Å²) in [6.07, 6.45) is 3.60. The summed E-state index contributed by atoms with van der Waals surface area (Å²) in [5.74, 6) is 2.57. The Morgan fingerprint density at radius 1 is 1.48 bits per heavy atom. The summed E-state index contributed by atoms with van der Waals surface area (Å²) in [7, 11) is 1.96. The van der Waals surface area contributed by atoms with Crippen LogP contribution in [0.3, 0.4) is 0 Å². The fourth-order valence-electron chi connectivity index (χ4n) is 2.24. The molecule has 7 nitrogen and oxygen atoms in total. The summed E-state index contributed by atoms with van der Waals surface area (Å²) in [6, 6.07) is 0.372. The Bertz CT molecular complexity index is 498. The van der Waals surface area contributed by atoms with Crippen LogP contribution in [0.5, 0.6) is 0 Å². The molecule has 1 aromatic heterocycles. The zero-order valence-corrected chi connectivity index (χ0v) is 16.8. The van der Waals surface area contributed by atoms with Gasteiger partial charge in [-0.3, -0.25) is 0 Å². The lowest BCUT2D eigenvalue weighted by molar-refractivity contribution is 0.113. The van der Waals surface area contributed by atoms with Gasteiger partial charge in [-0.1, -0.05) is 6.92 Å². The maximum Gasteiger partial charge on any atom is 0.192 e. The average Bonchev–Trinajstić information content (AvgIpc) is 3.14. The topological polar surface area (TPSA) is 76.4 Å². The number of aliphatic imine (C=N–C) groups is 1. The second-order valence-electron chi connectivity index (χ2n) is 5.86. The lowest BCUT2D eigenvalue weighted by Gasteiger charge is -2.18. The molecule has 23 heavy (non-hydrogen) atoms. The zero-order valence-electron chi connectivity index (χ0n) is 14.5. The van der Waals surface area contributed by atoms with Gasteiger partial charge in [-0.15, -0.1) is 34.2 Å². The second-order valence-corrected chi connectivity index (χ2v) is 5.86. The summed E-state index contributed by atoms with van der Waals surface area (Å²) in [6.45, 7) is 8.41. The number of guanidine groups is 1. The fourth-order valence-corrected chi connectivity index (χ4v) is 2.24. The van der Waals surface area contributed by atoms with E-state index in [0.29, 0.717) is 18.7 Å². The van der Waals surface area contributed by atoms with Gasteiger partial charge >= 0.3 is 0 Å². The number of hydrogen-bond acceptors (Lipinski definition) is 4. The number of ether oxygens (including phenoxy) is 1. The number of aromatic nitrogens is 3. The zero-order chi connectivity index (χ0) is 15.9. The molecule has 0 spiro atoms. The Morgan fingerprint density at radius 2 is 2.26 bits per heavy atom. The highest BCUT2D eigenvalue weighted by molar-refractivity contribution is 14.0. The highest BCUT2D eigenvalue weighted by Crippen LogP contribution is 2.10. The normalized spacial score (nSPS) is 19.3. The second kappa shape index (κ2) is 10.1. The van der Waals surface area contributed by atoms with Gasteiger partial charge in [0.05, 0.1) is 6.10 Å². The van der Waals surface area contributed by atoms with Crippen molar-refractivity contribution in [3.8, 4) is 0 Å². The van der Waals surface area contributed by atoms with Crippen LogP contribution in [0.15, 0.2) is 4.99 Å². The molecule has 2 unspecified atom stereocenters. The van der Waals surface area contributed by atoms with Crippen molar-refractivity contribution in [3.05, 3.63) is 11.6 Å². The van der Waals surface area contributed by atoms with Gasteiger partial charge in [-0.25, -0.2) is 4.99 Å². The molecule has 1 aliphatic heterocycles. The molecule has 8 heteroatoms. The predicted molar refractivity (Wildman–Crippen MR) is 102 cm³/mol. The van der Waals surface area contributed by atoms with E-state index in [9.17, 15) is 0 Å². The van der Waals surface area contributed by atoms with E-state index in [1.54, 1.807) is 0 Å². The smallest absolute Gasteiger partial charge is 0.192 e. The van der Waals surface area contributed by atoms with Crippen LogP contribution in [-0.2, 0) is 18.3 Å². The van der Waals surface area contributed by atoms with Crippen molar-refractivity contribution in [1.29, 1.82) is 0 Å². The predicted octanol–water partition coefficient (Wildman–Crippen LogP) is 1.75. The van der Waals surface area contributed by atoms with E-state index in [-0.39, 0.29) is 24.0 Å². The van der Waals surface area contributed by atoms with Gasteiger partial charge in [0.2, 0.25) is 0 Å². The third kappa shape index (κ3) is 6.25. The molecule has 1 aromatic rings. The third-order valence-corrected chi connectivity index (χ3v) is 4.08. The minimum absolute atomic E-state index is 0. The molecule has 1 aliphatic rings. The Hall–Kier alpha value is -0.900. The number of rotatable bonds is 6. The maximum absolute atomic E-state index is 5.65. The highest BCUT2D eigenvalue weighted by atomic mass is 127. The summed E-state index contributed by atoms with van der Waals surface area (Å²) >= 11 is 0. The van der Waals surface area contributed by atoms with Crippen LogP contribution in [0.4, 0.5) is 0 Å². The molecule has 2 heterocycles. The van der Waals surface area contributed by atoms with Crippen LogP contribution in [0.1, 0.15) is 44.8 Å². The van der Waals surface area contributed by atoms with Crippen molar-refractivity contribution in [1.82, 2.24) is 25.4 Å². The quantitative estimate of drug-likeness (QED) is 0.404. The summed E-state index contributed by atoms with van der Waals surface area (Å²) in [5.41, 5.74) is 0. The van der Waals surface area contributed by atoms with Gasteiger partial charge in [0, 0.05) is 26.2 Å². The van der Waals surface area contributed by atoms with Crippen molar-refractivity contribution in [2.75, 3.05) is 13.2 Å². The summed E-state index contributed by atoms with van der Waals surface area (Å²) in [5, 5.41) is 15.0. The van der Waals surface area contributed by atoms with E-state index in [1.807, 2.05) is 18.5 Å². The monoisotopic (exact) mass is 436 g/mol. The minimum atomic E-state index is 0. The first kappa shape index (κ1) is 20.1. The molecule has 0 aromatic carbocycles. The summed E-state index contributed by atoms with van der Waals surface area (Å²) in [4.78, 5) is 4.63. The molecule has 132 valence electrons. The van der Waals surface area contributed by atoms with Crippen LogP contribution >= 0.6 is 24.0 Å². The fraction of sp³-hybridized carbons (Fsp3) is 0.800. The summed E-state index contributed by atoms with van der Waals surface area (Å²) < 4.78 is 7.61. The molecule has 1 fully saturated rings. The first-order valence-electron chi connectivity index (χ1n) is 8.11. The molecule has 0 aliphatic carbocycles. The van der Waals surface area contributed by atoms with Gasteiger partial charge in [-0.05, 0) is 33.1 Å². The first-order valence-corrected chi connectivity index (χ1v) is 8.11. The van der Waals surface area contributed by atoms with Gasteiger partial charge < -0.3 is 19.9 Å². The molecule has 0 saturated carbocycles. The van der Waals surface area contributed by atoms with Gasteiger partial charge in [-0.2, -0.15) is 0 Å². The number of nitrogens with zero attached hydrogens (tertiary/aromatic N) is 4. The largest absolute Gasteiger partial charge is 0.376 e. The van der Waals surface area contributed by atoms with Crippen molar-refractivity contribution in [2.45, 2.75) is 58.7 Å². The van der Waals surface area contributed by atoms with Gasteiger partial charge in [0.1, 0.15) is 12.4 Å². The molecule has 1 saturated heterocycles. The van der Waals surface area contributed by atoms with Crippen LogP contribution in [0.25, 0.3) is 0 Å². The van der Waals surface area contributed by atoms with E-state index in [2.05, 4.69) is 39.7 Å². The molecule has 0 radical (unpaired) electrons. The van der Waals surface area contributed by atoms with E-state index < -0.39 is 0 Å². The molecular formula is C15H29IN6O. The number of nitrogens with one attached hydrogen (secondary N) is 2. The lowest BCUT2D eigenvalue weighted by Crippen LogP contribution is -2.44. The van der Waals surface area contributed by atoms with Crippen molar-refractivity contribution >= 4 is 29.9 Å². The molecule has 2 N–H and O–H groups in total.